The van der Waals surface area contributed by atoms with Gasteiger partial charge in [0.15, 0.2) is 11.6 Å². The number of ether oxygens (including phenoxy) is 1. The van der Waals surface area contributed by atoms with Crippen molar-refractivity contribution < 1.29 is 33.0 Å². The maximum absolute atomic E-state index is 13.6. The molecule has 0 radical (unpaired) electrons. The maximum atomic E-state index is 13.6. The number of benzene rings is 3. The lowest BCUT2D eigenvalue weighted by Crippen LogP contribution is -2.46. The molecule has 0 aromatic heterocycles. The number of halogens is 2. The molecule has 0 saturated heterocycles. The smallest absolute Gasteiger partial charge is 0.408 e. The predicted octanol–water partition coefficient (Wildman–Crippen LogP) is 4.67. The molecule has 0 bridgehead atoms. The molecule has 3 aromatic rings. The summed E-state index contributed by atoms with van der Waals surface area (Å²) in [7, 11) is 0. The number of rotatable bonds is 6. The molecule has 0 spiro atoms. The third-order valence-corrected chi connectivity index (χ3v) is 6.41. The SMILES string of the molecule is O=C(NC1(C(=O)Nc2cc(F)c(F)cc2C(=O)O)CC1)OCC1c2ccccc2-c2ccccc21. The van der Waals surface area contributed by atoms with Crippen LogP contribution in [0.1, 0.15) is 40.2 Å². The number of carbonyl (C=O) groups excluding carboxylic acids is 2. The molecule has 9 heteroatoms. The molecule has 0 unspecified atom stereocenters. The fourth-order valence-corrected chi connectivity index (χ4v) is 4.43. The van der Waals surface area contributed by atoms with Gasteiger partial charge >= 0.3 is 12.1 Å². The molecule has 1 fully saturated rings. The molecule has 0 atom stereocenters. The number of alkyl carbamates (subject to hydrolysis) is 1. The Morgan fingerprint density at radius 3 is 2.09 bits per heavy atom. The largest absolute Gasteiger partial charge is 0.478 e. The van der Waals surface area contributed by atoms with Crippen molar-refractivity contribution in [2.24, 2.45) is 0 Å². The molecule has 1 saturated carbocycles. The molecule has 178 valence electrons. The summed E-state index contributed by atoms with van der Waals surface area (Å²) in [4.78, 5) is 36.8. The molecule has 5 rings (SSSR count). The zero-order chi connectivity index (χ0) is 24.7. The molecular formula is C26H20F2N2O5. The van der Waals surface area contributed by atoms with Gasteiger partial charge in [-0.25, -0.2) is 18.4 Å². The minimum absolute atomic E-state index is 0.0594. The highest BCUT2D eigenvalue weighted by Crippen LogP contribution is 2.44. The highest BCUT2D eigenvalue weighted by molar-refractivity contribution is 6.06. The molecule has 0 aliphatic heterocycles. The van der Waals surface area contributed by atoms with Crippen molar-refractivity contribution in [1.29, 1.82) is 0 Å². The van der Waals surface area contributed by atoms with Gasteiger partial charge in [0.05, 0.1) is 11.3 Å². The van der Waals surface area contributed by atoms with Crippen LogP contribution >= 0.6 is 0 Å². The van der Waals surface area contributed by atoms with Crippen LogP contribution < -0.4 is 10.6 Å². The van der Waals surface area contributed by atoms with E-state index in [-0.39, 0.29) is 25.4 Å². The first-order valence-corrected chi connectivity index (χ1v) is 11.0. The van der Waals surface area contributed by atoms with Crippen LogP contribution in [0.15, 0.2) is 60.7 Å². The van der Waals surface area contributed by atoms with E-state index in [2.05, 4.69) is 10.6 Å². The zero-order valence-electron chi connectivity index (χ0n) is 18.3. The second-order valence-electron chi connectivity index (χ2n) is 8.60. The fraction of sp³-hybridized carbons (Fsp3) is 0.192. The molecule has 35 heavy (non-hydrogen) atoms. The zero-order valence-corrected chi connectivity index (χ0v) is 18.3. The summed E-state index contributed by atoms with van der Waals surface area (Å²) in [5.74, 6) is -5.08. The van der Waals surface area contributed by atoms with Crippen LogP contribution in [-0.4, -0.2) is 35.2 Å². The van der Waals surface area contributed by atoms with Crippen molar-refractivity contribution >= 4 is 23.7 Å². The van der Waals surface area contributed by atoms with Crippen molar-refractivity contribution in [3.8, 4) is 11.1 Å². The summed E-state index contributed by atoms with van der Waals surface area (Å²) in [6.45, 7) is 0.0594. The van der Waals surface area contributed by atoms with E-state index in [0.29, 0.717) is 12.1 Å². The molecule has 0 heterocycles. The summed E-state index contributed by atoms with van der Waals surface area (Å²) >= 11 is 0. The molecule has 2 aliphatic carbocycles. The summed E-state index contributed by atoms with van der Waals surface area (Å²) in [5, 5.41) is 14.1. The summed E-state index contributed by atoms with van der Waals surface area (Å²) in [6.07, 6.45) is -0.229. The third-order valence-electron chi connectivity index (χ3n) is 6.41. The van der Waals surface area contributed by atoms with E-state index in [1.54, 1.807) is 0 Å². The topological polar surface area (TPSA) is 105 Å². The van der Waals surface area contributed by atoms with Gasteiger partial charge in [0, 0.05) is 12.0 Å². The molecular weight excluding hydrogens is 458 g/mol. The Labute approximate surface area is 198 Å². The Morgan fingerprint density at radius 2 is 1.51 bits per heavy atom. The number of fused-ring (bicyclic) bond motifs is 3. The number of hydrogen-bond donors (Lipinski definition) is 3. The average Bonchev–Trinajstić information content (AvgIpc) is 3.55. The van der Waals surface area contributed by atoms with Crippen molar-refractivity contribution in [1.82, 2.24) is 5.32 Å². The standard InChI is InChI=1S/C26H20F2N2O5/c27-20-11-18(23(31)32)22(12-21(20)28)29-24(33)26(9-10-26)30-25(34)35-13-19-16-7-3-1-5-14(16)15-6-2-4-8-17(15)19/h1-8,11-12,19H,9-10,13H2,(H,29,33)(H,30,34)(H,31,32). The highest BCUT2D eigenvalue weighted by atomic mass is 19.2. The lowest BCUT2D eigenvalue weighted by atomic mass is 9.98. The number of aromatic carboxylic acids is 1. The van der Waals surface area contributed by atoms with Gasteiger partial charge in [-0.2, -0.15) is 0 Å². The first-order valence-electron chi connectivity index (χ1n) is 11.0. The summed E-state index contributed by atoms with van der Waals surface area (Å²) < 4.78 is 32.6. The van der Waals surface area contributed by atoms with Crippen molar-refractivity contribution in [3.63, 3.8) is 0 Å². The first-order chi connectivity index (χ1) is 16.8. The Bertz CT molecular complexity index is 1320. The average molecular weight is 478 g/mol. The fourth-order valence-electron chi connectivity index (χ4n) is 4.43. The van der Waals surface area contributed by atoms with Gasteiger partial charge in [-0.15, -0.1) is 0 Å². The van der Waals surface area contributed by atoms with E-state index >= 15 is 0 Å². The monoisotopic (exact) mass is 478 g/mol. The van der Waals surface area contributed by atoms with Gasteiger partial charge in [0.1, 0.15) is 12.1 Å². The van der Waals surface area contributed by atoms with E-state index in [1.165, 1.54) is 0 Å². The number of anilines is 1. The van der Waals surface area contributed by atoms with Gasteiger partial charge in [-0.05, 0) is 41.2 Å². The Morgan fingerprint density at radius 1 is 0.943 bits per heavy atom. The number of carbonyl (C=O) groups is 3. The minimum atomic E-state index is -1.53. The van der Waals surface area contributed by atoms with Crippen LogP contribution in [0.25, 0.3) is 11.1 Å². The van der Waals surface area contributed by atoms with E-state index in [0.717, 1.165) is 22.3 Å². The Balaban J connectivity index is 1.26. The number of carboxylic acid groups (broad SMARTS) is 1. The Kier molecular flexibility index (Phi) is 5.47. The van der Waals surface area contributed by atoms with Crippen molar-refractivity contribution in [3.05, 3.63) is 89.0 Å². The lowest BCUT2D eigenvalue weighted by Gasteiger charge is -2.19. The molecule has 2 amide bonds. The quantitative estimate of drug-likeness (QED) is 0.478. The van der Waals surface area contributed by atoms with Crippen LogP contribution in [0.4, 0.5) is 19.3 Å². The summed E-state index contributed by atoms with van der Waals surface area (Å²) in [5.41, 5.74) is 1.92. The summed E-state index contributed by atoms with van der Waals surface area (Å²) in [6, 6.07) is 16.8. The van der Waals surface area contributed by atoms with Gasteiger partial charge in [-0.3, -0.25) is 4.79 Å². The normalized spacial score (nSPS) is 15.0. The van der Waals surface area contributed by atoms with Crippen LogP contribution in [0, 0.1) is 11.6 Å². The van der Waals surface area contributed by atoms with Gasteiger partial charge in [-0.1, -0.05) is 48.5 Å². The van der Waals surface area contributed by atoms with Gasteiger partial charge in [0.25, 0.3) is 0 Å². The highest BCUT2D eigenvalue weighted by Gasteiger charge is 2.52. The Hall–Kier alpha value is -4.27. The predicted molar refractivity (Wildman–Crippen MR) is 122 cm³/mol. The molecule has 3 N–H and O–H groups in total. The molecule has 2 aliphatic rings. The van der Waals surface area contributed by atoms with Gasteiger partial charge < -0.3 is 20.5 Å². The van der Waals surface area contributed by atoms with Gasteiger partial charge in [0.2, 0.25) is 5.91 Å². The van der Waals surface area contributed by atoms with E-state index in [9.17, 15) is 28.3 Å². The number of nitrogens with one attached hydrogen (secondary N) is 2. The van der Waals surface area contributed by atoms with E-state index < -0.39 is 46.4 Å². The van der Waals surface area contributed by atoms with E-state index in [4.69, 9.17) is 4.74 Å². The third kappa shape index (κ3) is 4.09. The van der Waals surface area contributed by atoms with Crippen LogP contribution in [-0.2, 0) is 9.53 Å². The van der Waals surface area contributed by atoms with Crippen molar-refractivity contribution in [2.75, 3.05) is 11.9 Å². The lowest BCUT2D eigenvalue weighted by molar-refractivity contribution is -0.119. The van der Waals surface area contributed by atoms with Crippen LogP contribution in [0.2, 0.25) is 0 Å². The number of carboxylic acids is 1. The molecule has 3 aromatic carbocycles. The van der Waals surface area contributed by atoms with Crippen LogP contribution in [0.3, 0.4) is 0 Å². The number of amides is 2. The molecule has 7 nitrogen and oxygen atoms in total. The second-order valence-corrected chi connectivity index (χ2v) is 8.60. The minimum Gasteiger partial charge on any atom is -0.478 e. The van der Waals surface area contributed by atoms with Crippen LogP contribution in [0.5, 0.6) is 0 Å². The van der Waals surface area contributed by atoms with E-state index in [1.807, 2.05) is 48.5 Å². The second kappa shape index (κ2) is 8.50. The first kappa shape index (κ1) is 22.5. The maximum Gasteiger partial charge on any atom is 0.408 e. The number of hydrogen-bond acceptors (Lipinski definition) is 4. The van der Waals surface area contributed by atoms with Crippen molar-refractivity contribution in [2.45, 2.75) is 24.3 Å².